The molecule has 0 unspecified atom stereocenters. The van der Waals surface area contributed by atoms with Gasteiger partial charge in [0.1, 0.15) is 0 Å². The summed E-state index contributed by atoms with van der Waals surface area (Å²) in [7, 11) is 0. The number of carbonyl (C=O) groups is 2. The summed E-state index contributed by atoms with van der Waals surface area (Å²) in [6, 6.07) is 21.1. The normalized spacial score (nSPS) is 10.4. The van der Waals surface area contributed by atoms with Gasteiger partial charge < -0.3 is 10.6 Å². The van der Waals surface area contributed by atoms with Gasteiger partial charge in [-0.3, -0.25) is 9.59 Å². The fourth-order valence-electron chi connectivity index (χ4n) is 2.66. The van der Waals surface area contributed by atoms with Crippen molar-refractivity contribution in [3.05, 3.63) is 72.3 Å². The molecule has 0 fully saturated rings. The summed E-state index contributed by atoms with van der Waals surface area (Å²) in [6.45, 7) is 1.46. The number of nitrogens with one attached hydrogen (secondary N) is 2. The Bertz CT molecular complexity index is 880. The molecule has 0 saturated carbocycles. The molecule has 0 bridgehead atoms. The van der Waals surface area contributed by atoms with Crippen molar-refractivity contribution < 1.29 is 9.59 Å². The van der Waals surface area contributed by atoms with Gasteiger partial charge >= 0.3 is 0 Å². The van der Waals surface area contributed by atoms with E-state index in [0.29, 0.717) is 17.8 Å². The second kappa shape index (κ2) is 6.96. The van der Waals surface area contributed by atoms with E-state index in [0.717, 1.165) is 16.3 Å². The van der Waals surface area contributed by atoms with Crippen LogP contribution in [0.5, 0.6) is 0 Å². The smallest absolute Gasteiger partial charge is 0.228 e. The zero-order valence-electron chi connectivity index (χ0n) is 13.4. The molecular formula is C20H18N2O2. The summed E-state index contributed by atoms with van der Waals surface area (Å²) < 4.78 is 0. The number of hydrogen-bond acceptors (Lipinski definition) is 2. The first-order chi connectivity index (χ1) is 11.6. The van der Waals surface area contributed by atoms with Crippen molar-refractivity contribution in [3.8, 4) is 0 Å². The maximum atomic E-state index is 12.3. The third-order valence-corrected chi connectivity index (χ3v) is 3.72. The molecule has 0 aliphatic heterocycles. The minimum Gasteiger partial charge on any atom is -0.326 e. The molecule has 0 spiro atoms. The Kier molecular flexibility index (Phi) is 4.57. The molecule has 3 rings (SSSR count). The summed E-state index contributed by atoms with van der Waals surface area (Å²) >= 11 is 0. The minimum absolute atomic E-state index is 0.0707. The van der Waals surface area contributed by atoms with E-state index in [9.17, 15) is 9.59 Å². The quantitative estimate of drug-likeness (QED) is 0.764. The molecule has 3 aromatic carbocycles. The van der Waals surface area contributed by atoms with Gasteiger partial charge in [0.2, 0.25) is 11.8 Å². The van der Waals surface area contributed by atoms with Crippen molar-refractivity contribution in [1.82, 2.24) is 0 Å². The number of fused-ring (bicyclic) bond motifs is 1. The Labute approximate surface area is 140 Å². The molecule has 2 amide bonds. The van der Waals surface area contributed by atoms with Crippen LogP contribution in [0, 0.1) is 0 Å². The van der Waals surface area contributed by atoms with Gasteiger partial charge in [-0.15, -0.1) is 0 Å². The standard InChI is InChI=1S/C20H18N2O2/c1-14(23)21-17-9-11-18(12-10-17)22-20(24)13-16-7-4-6-15-5-2-3-8-19(15)16/h2-12H,13H2,1H3,(H,21,23)(H,22,24). The van der Waals surface area contributed by atoms with Gasteiger partial charge in [0, 0.05) is 18.3 Å². The van der Waals surface area contributed by atoms with Crippen LogP contribution in [0.1, 0.15) is 12.5 Å². The van der Waals surface area contributed by atoms with Gasteiger partial charge in [-0.05, 0) is 40.6 Å². The first-order valence-electron chi connectivity index (χ1n) is 7.76. The number of anilines is 2. The number of benzene rings is 3. The van der Waals surface area contributed by atoms with Crippen molar-refractivity contribution in [1.29, 1.82) is 0 Å². The fraction of sp³-hybridized carbons (Fsp3) is 0.100. The second-order valence-corrected chi connectivity index (χ2v) is 5.62. The zero-order valence-corrected chi connectivity index (χ0v) is 13.4. The number of hydrogen-bond donors (Lipinski definition) is 2. The highest BCUT2D eigenvalue weighted by atomic mass is 16.2. The SMILES string of the molecule is CC(=O)Nc1ccc(NC(=O)Cc2cccc3ccccc23)cc1. The monoisotopic (exact) mass is 318 g/mol. The van der Waals surface area contributed by atoms with E-state index in [2.05, 4.69) is 10.6 Å². The summed E-state index contributed by atoms with van der Waals surface area (Å²) in [5.41, 5.74) is 2.41. The van der Waals surface area contributed by atoms with Crippen LogP contribution in [0.2, 0.25) is 0 Å². The van der Waals surface area contributed by atoms with Gasteiger partial charge in [-0.25, -0.2) is 0 Å². The molecule has 4 heteroatoms. The van der Waals surface area contributed by atoms with Crippen molar-refractivity contribution in [2.24, 2.45) is 0 Å². The van der Waals surface area contributed by atoms with E-state index in [-0.39, 0.29) is 11.8 Å². The average molecular weight is 318 g/mol. The summed E-state index contributed by atoms with van der Waals surface area (Å²) in [4.78, 5) is 23.3. The number of amides is 2. The van der Waals surface area contributed by atoms with Crippen LogP contribution in [0.3, 0.4) is 0 Å². The predicted molar refractivity (Wildman–Crippen MR) is 97.0 cm³/mol. The number of carbonyl (C=O) groups excluding carboxylic acids is 2. The maximum absolute atomic E-state index is 12.3. The Hall–Kier alpha value is -3.14. The zero-order chi connectivity index (χ0) is 16.9. The van der Waals surface area contributed by atoms with Crippen molar-refractivity contribution >= 4 is 34.0 Å². The summed E-state index contributed by atoms with van der Waals surface area (Å²) in [5, 5.41) is 7.80. The van der Waals surface area contributed by atoms with E-state index < -0.39 is 0 Å². The summed E-state index contributed by atoms with van der Waals surface area (Å²) in [5.74, 6) is -0.193. The van der Waals surface area contributed by atoms with Crippen LogP contribution in [-0.4, -0.2) is 11.8 Å². The van der Waals surface area contributed by atoms with Crippen molar-refractivity contribution in [2.45, 2.75) is 13.3 Å². The molecule has 4 nitrogen and oxygen atoms in total. The second-order valence-electron chi connectivity index (χ2n) is 5.62. The largest absolute Gasteiger partial charge is 0.326 e. The lowest BCUT2D eigenvalue weighted by atomic mass is 10.0. The Morgan fingerprint density at radius 3 is 2.12 bits per heavy atom. The highest BCUT2D eigenvalue weighted by Crippen LogP contribution is 2.20. The third kappa shape index (κ3) is 3.79. The summed E-state index contributed by atoms with van der Waals surface area (Å²) in [6.07, 6.45) is 0.314. The van der Waals surface area contributed by atoms with Crippen molar-refractivity contribution in [2.75, 3.05) is 10.6 Å². The molecule has 3 aromatic rings. The first kappa shape index (κ1) is 15.7. The first-order valence-corrected chi connectivity index (χ1v) is 7.76. The molecule has 0 aliphatic rings. The van der Waals surface area contributed by atoms with Crippen molar-refractivity contribution in [3.63, 3.8) is 0 Å². The lowest BCUT2D eigenvalue weighted by Gasteiger charge is -2.09. The van der Waals surface area contributed by atoms with Crippen LogP contribution in [0.15, 0.2) is 66.7 Å². The maximum Gasteiger partial charge on any atom is 0.228 e. The van der Waals surface area contributed by atoms with E-state index >= 15 is 0 Å². The van der Waals surface area contributed by atoms with Gasteiger partial charge in [0.25, 0.3) is 0 Å². The van der Waals surface area contributed by atoms with Crippen LogP contribution >= 0.6 is 0 Å². The highest BCUT2D eigenvalue weighted by Gasteiger charge is 2.07. The third-order valence-electron chi connectivity index (χ3n) is 3.72. The fourth-order valence-corrected chi connectivity index (χ4v) is 2.66. The Morgan fingerprint density at radius 2 is 1.42 bits per heavy atom. The Morgan fingerprint density at radius 1 is 0.792 bits per heavy atom. The van der Waals surface area contributed by atoms with Crippen LogP contribution in [0.4, 0.5) is 11.4 Å². The van der Waals surface area contributed by atoms with Gasteiger partial charge in [0.15, 0.2) is 0 Å². The molecule has 0 aromatic heterocycles. The molecule has 0 aliphatic carbocycles. The molecule has 0 atom stereocenters. The van der Waals surface area contributed by atoms with E-state index in [4.69, 9.17) is 0 Å². The van der Waals surface area contributed by atoms with Crippen LogP contribution in [-0.2, 0) is 16.0 Å². The average Bonchev–Trinajstić information content (AvgIpc) is 2.56. The van der Waals surface area contributed by atoms with E-state index in [1.165, 1.54) is 6.92 Å². The van der Waals surface area contributed by atoms with Gasteiger partial charge in [-0.2, -0.15) is 0 Å². The van der Waals surface area contributed by atoms with E-state index in [1.807, 2.05) is 42.5 Å². The van der Waals surface area contributed by atoms with E-state index in [1.54, 1.807) is 24.3 Å². The molecule has 2 N–H and O–H groups in total. The molecule has 0 heterocycles. The van der Waals surface area contributed by atoms with Gasteiger partial charge in [0.05, 0.1) is 6.42 Å². The van der Waals surface area contributed by atoms with Crippen LogP contribution < -0.4 is 10.6 Å². The molecular weight excluding hydrogens is 300 g/mol. The Balaban J connectivity index is 1.70. The molecule has 120 valence electrons. The van der Waals surface area contributed by atoms with Gasteiger partial charge in [-0.1, -0.05) is 42.5 Å². The highest BCUT2D eigenvalue weighted by molar-refractivity contribution is 5.96. The predicted octanol–water partition coefficient (Wildman–Crippen LogP) is 3.98. The lowest BCUT2D eigenvalue weighted by Crippen LogP contribution is -2.14. The molecule has 24 heavy (non-hydrogen) atoms. The number of rotatable bonds is 4. The molecule has 0 saturated heterocycles. The molecule has 0 radical (unpaired) electrons. The lowest BCUT2D eigenvalue weighted by molar-refractivity contribution is -0.116. The topological polar surface area (TPSA) is 58.2 Å². The minimum atomic E-state index is -0.122. The van der Waals surface area contributed by atoms with Crippen LogP contribution in [0.25, 0.3) is 10.8 Å².